The third-order valence-corrected chi connectivity index (χ3v) is 3.97. The van der Waals surface area contributed by atoms with Gasteiger partial charge in [-0.25, -0.2) is 4.79 Å². The first kappa shape index (κ1) is 15.3. The molecule has 1 amide bonds. The highest BCUT2D eigenvalue weighted by atomic mass is 16.5. The molecule has 1 fully saturated rings. The second-order valence-electron chi connectivity index (χ2n) is 5.59. The van der Waals surface area contributed by atoms with Crippen molar-refractivity contribution >= 4 is 22.6 Å². The second-order valence-corrected chi connectivity index (χ2v) is 5.59. The van der Waals surface area contributed by atoms with Gasteiger partial charge in [0, 0.05) is 13.0 Å². The van der Waals surface area contributed by atoms with E-state index in [1.807, 2.05) is 36.4 Å². The molecule has 120 valence electrons. The Morgan fingerprint density at radius 3 is 2.65 bits per heavy atom. The SMILES string of the molecule is O=C(O)[C@@H]1C[C@@H](O)CN1C(=O)COc1ccc2ccccc2c1. The summed E-state index contributed by atoms with van der Waals surface area (Å²) in [6.45, 7) is -0.230. The standard InChI is InChI=1S/C17H17NO5/c19-13-8-15(17(21)22)18(9-13)16(20)10-23-14-6-5-11-3-1-2-4-12(11)7-14/h1-7,13,15,19H,8-10H2,(H,21,22)/t13-,15+/m1/s1. The molecule has 0 bridgehead atoms. The minimum absolute atomic E-state index is 0.0247. The van der Waals surface area contributed by atoms with Gasteiger partial charge in [-0.05, 0) is 22.9 Å². The summed E-state index contributed by atoms with van der Waals surface area (Å²) in [7, 11) is 0. The number of carboxylic acids is 1. The number of hydrogen-bond acceptors (Lipinski definition) is 4. The largest absolute Gasteiger partial charge is 0.484 e. The van der Waals surface area contributed by atoms with Crippen LogP contribution in [0.4, 0.5) is 0 Å². The fourth-order valence-electron chi connectivity index (χ4n) is 2.81. The highest BCUT2D eigenvalue weighted by Crippen LogP contribution is 2.22. The van der Waals surface area contributed by atoms with E-state index >= 15 is 0 Å². The first-order valence-corrected chi connectivity index (χ1v) is 7.36. The number of carboxylic acid groups (broad SMARTS) is 1. The van der Waals surface area contributed by atoms with Crippen molar-refractivity contribution in [3.05, 3.63) is 42.5 Å². The molecule has 2 N–H and O–H groups in total. The van der Waals surface area contributed by atoms with Gasteiger partial charge in [0.1, 0.15) is 11.8 Å². The van der Waals surface area contributed by atoms with Crippen molar-refractivity contribution in [2.75, 3.05) is 13.2 Å². The summed E-state index contributed by atoms with van der Waals surface area (Å²) in [5.74, 6) is -1.01. The number of aliphatic carboxylic acids is 1. The number of hydrogen-bond donors (Lipinski definition) is 2. The first-order valence-electron chi connectivity index (χ1n) is 7.36. The Balaban J connectivity index is 1.66. The molecule has 2 aromatic carbocycles. The lowest BCUT2D eigenvalue weighted by molar-refractivity contribution is -0.148. The predicted molar refractivity (Wildman–Crippen MR) is 83.2 cm³/mol. The van der Waals surface area contributed by atoms with E-state index in [0.29, 0.717) is 5.75 Å². The van der Waals surface area contributed by atoms with E-state index in [9.17, 15) is 14.7 Å². The fourth-order valence-corrected chi connectivity index (χ4v) is 2.81. The molecule has 1 heterocycles. The van der Waals surface area contributed by atoms with Crippen molar-refractivity contribution in [2.45, 2.75) is 18.6 Å². The number of fused-ring (bicyclic) bond motifs is 1. The van der Waals surface area contributed by atoms with Crippen LogP contribution in [0.15, 0.2) is 42.5 Å². The number of aliphatic hydroxyl groups excluding tert-OH is 1. The number of benzene rings is 2. The Morgan fingerprint density at radius 1 is 1.17 bits per heavy atom. The van der Waals surface area contributed by atoms with Crippen LogP contribution in [-0.2, 0) is 9.59 Å². The molecule has 0 saturated carbocycles. The molecule has 1 saturated heterocycles. The number of aliphatic hydroxyl groups is 1. The Morgan fingerprint density at radius 2 is 1.91 bits per heavy atom. The molecule has 0 aliphatic carbocycles. The highest BCUT2D eigenvalue weighted by Gasteiger charge is 2.38. The van der Waals surface area contributed by atoms with E-state index in [2.05, 4.69) is 0 Å². The van der Waals surface area contributed by atoms with Crippen LogP contribution < -0.4 is 4.74 Å². The van der Waals surface area contributed by atoms with E-state index in [0.717, 1.165) is 15.7 Å². The van der Waals surface area contributed by atoms with Gasteiger partial charge < -0.3 is 19.8 Å². The number of rotatable bonds is 4. The number of likely N-dealkylation sites (tertiary alicyclic amines) is 1. The van der Waals surface area contributed by atoms with Crippen LogP contribution >= 0.6 is 0 Å². The summed E-state index contributed by atoms with van der Waals surface area (Å²) in [5.41, 5.74) is 0. The van der Waals surface area contributed by atoms with Crippen LogP contribution in [0, 0.1) is 0 Å². The predicted octanol–water partition coefficient (Wildman–Crippen LogP) is 1.26. The van der Waals surface area contributed by atoms with Gasteiger partial charge in [0.2, 0.25) is 0 Å². The molecule has 6 heteroatoms. The molecule has 3 rings (SSSR count). The molecule has 0 spiro atoms. The molecule has 0 radical (unpaired) electrons. The zero-order valence-electron chi connectivity index (χ0n) is 12.4. The van der Waals surface area contributed by atoms with Crippen molar-refractivity contribution in [3.8, 4) is 5.75 Å². The van der Waals surface area contributed by atoms with E-state index in [1.165, 1.54) is 0 Å². The number of amides is 1. The molecule has 2 aromatic rings. The molecule has 6 nitrogen and oxygen atoms in total. The Bertz CT molecular complexity index is 745. The van der Waals surface area contributed by atoms with Crippen LogP contribution in [-0.4, -0.2) is 52.3 Å². The Hall–Kier alpha value is -2.60. The minimum atomic E-state index is -1.11. The van der Waals surface area contributed by atoms with Gasteiger partial charge in [0.15, 0.2) is 6.61 Å². The molecule has 1 aliphatic rings. The average molecular weight is 315 g/mol. The van der Waals surface area contributed by atoms with Crippen LogP contribution in [0.5, 0.6) is 5.75 Å². The zero-order valence-corrected chi connectivity index (χ0v) is 12.4. The molecule has 2 atom stereocenters. The van der Waals surface area contributed by atoms with E-state index in [-0.39, 0.29) is 19.6 Å². The van der Waals surface area contributed by atoms with E-state index in [4.69, 9.17) is 9.84 Å². The third kappa shape index (κ3) is 3.27. The number of carbonyl (C=O) groups excluding carboxylic acids is 1. The van der Waals surface area contributed by atoms with Gasteiger partial charge >= 0.3 is 5.97 Å². The second kappa shape index (κ2) is 6.26. The Labute approximate surface area is 132 Å². The average Bonchev–Trinajstić information content (AvgIpc) is 2.95. The van der Waals surface area contributed by atoms with Crippen LogP contribution in [0.1, 0.15) is 6.42 Å². The summed E-state index contributed by atoms with van der Waals surface area (Å²) in [6, 6.07) is 12.3. The van der Waals surface area contributed by atoms with Crippen LogP contribution in [0.3, 0.4) is 0 Å². The molecular weight excluding hydrogens is 298 g/mol. The number of carbonyl (C=O) groups is 2. The van der Waals surface area contributed by atoms with Gasteiger partial charge in [-0.15, -0.1) is 0 Å². The number of nitrogens with zero attached hydrogens (tertiary/aromatic N) is 1. The summed E-state index contributed by atoms with van der Waals surface area (Å²) < 4.78 is 5.49. The van der Waals surface area contributed by atoms with Gasteiger partial charge in [0.05, 0.1) is 6.10 Å². The van der Waals surface area contributed by atoms with E-state index in [1.54, 1.807) is 6.07 Å². The molecule has 0 aromatic heterocycles. The maximum atomic E-state index is 12.2. The monoisotopic (exact) mass is 315 g/mol. The van der Waals surface area contributed by atoms with E-state index < -0.39 is 24.0 Å². The molecular formula is C17H17NO5. The number of β-amino-alcohol motifs (C(OH)–C–C–N with tert-alkyl or cyclic N) is 1. The quantitative estimate of drug-likeness (QED) is 0.887. The molecule has 1 aliphatic heterocycles. The van der Waals surface area contributed by atoms with Gasteiger partial charge in [0.25, 0.3) is 5.91 Å². The summed E-state index contributed by atoms with van der Waals surface area (Å²) in [5, 5.41) is 20.7. The highest BCUT2D eigenvalue weighted by molar-refractivity contribution is 5.86. The number of ether oxygens (including phenoxy) is 1. The topological polar surface area (TPSA) is 87.1 Å². The van der Waals surface area contributed by atoms with Gasteiger partial charge in [-0.2, -0.15) is 0 Å². The summed E-state index contributed by atoms with van der Waals surface area (Å²) in [6.07, 6.45) is -0.752. The lowest BCUT2D eigenvalue weighted by atomic mass is 10.1. The zero-order chi connectivity index (χ0) is 16.4. The van der Waals surface area contributed by atoms with Gasteiger partial charge in [-0.3, -0.25) is 4.79 Å². The maximum Gasteiger partial charge on any atom is 0.326 e. The lowest BCUT2D eigenvalue weighted by Crippen LogP contribution is -2.42. The fraction of sp³-hybridized carbons (Fsp3) is 0.294. The smallest absolute Gasteiger partial charge is 0.326 e. The molecule has 23 heavy (non-hydrogen) atoms. The Kier molecular flexibility index (Phi) is 4.16. The minimum Gasteiger partial charge on any atom is -0.484 e. The maximum absolute atomic E-state index is 12.2. The molecule has 0 unspecified atom stereocenters. The summed E-state index contributed by atoms with van der Waals surface area (Å²) in [4.78, 5) is 24.5. The van der Waals surface area contributed by atoms with Crippen molar-refractivity contribution in [1.82, 2.24) is 4.90 Å². The van der Waals surface area contributed by atoms with Crippen molar-refractivity contribution < 1.29 is 24.5 Å². The van der Waals surface area contributed by atoms with Crippen molar-refractivity contribution in [2.24, 2.45) is 0 Å². The third-order valence-electron chi connectivity index (χ3n) is 3.97. The van der Waals surface area contributed by atoms with Gasteiger partial charge in [-0.1, -0.05) is 30.3 Å². The van der Waals surface area contributed by atoms with Crippen molar-refractivity contribution in [3.63, 3.8) is 0 Å². The normalized spacial score (nSPS) is 20.7. The van der Waals surface area contributed by atoms with Crippen LogP contribution in [0.2, 0.25) is 0 Å². The lowest BCUT2D eigenvalue weighted by Gasteiger charge is -2.21. The summed E-state index contributed by atoms with van der Waals surface area (Å²) >= 11 is 0. The van der Waals surface area contributed by atoms with Crippen molar-refractivity contribution in [1.29, 1.82) is 0 Å². The first-order chi connectivity index (χ1) is 11.0. The van der Waals surface area contributed by atoms with Crippen LogP contribution in [0.25, 0.3) is 10.8 Å².